The topological polar surface area (TPSA) is 49.3 Å². The number of amides is 1. The average Bonchev–Trinajstić information content (AvgIpc) is 2.95. The highest BCUT2D eigenvalue weighted by Crippen LogP contribution is 2.21. The number of carbonyl (C=O) groups excluding carboxylic acids is 1. The van der Waals surface area contributed by atoms with Crippen LogP contribution in [0.5, 0.6) is 0 Å². The number of aromatic nitrogens is 2. The SMILES string of the molecule is CCCCC(=O)N1CCCN(c2nc(Cc3ccccc3)ns2)CC1. The second-order valence-electron chi connectivity index (χ2n) is 6.48. The summed E-state index contributed by atoms with van der Waals surface area (Å²) in [6, 6.07) is 10.3. The molecule has 3 rings (SSSR count). The molecule has 2 heterocycles. The maximum atomic E-state index is 12.2. The molecule has 0 saturated carbocycles. The Morgan fingerprint density at radius 1 is 1.16 bits per heavy atom. The highest BCUT2D eigenvalue weighted by molar-refractivity contribution is 7.09. The molecule has 25 heavy (non-hydrogen) atoms. The molecular weight excluding hydrogens is 332 g/mol. The van der Waals surface area contributed by atoms with E-state index >= 15 is 0 Å². The third-order valence-electron chi connectivity index (χ3n) is 4.53. The molecule has 0 atom stereocenters. The highest BCUT2D eigenvalue weighted by atomic mass is 32.1. The molecule has 2 aromatic rings. The van der Waals surface area contributed by atoms with Crippen molar-refractivity contribution < 1.29 is 4.79 Å². The lowest BCUT2D eigenvalue weighted by Crippen LogP contribution is -2.35. The van der Waals surface area contributed by atoms with Gasteiger partial charge in [0.15, 0.2) is 0 Å². The Labute approximate surface area is 153 Å². The van der Waals surface area contributed by atoms with E-state index in [-0.39, 0.29) is 0 Å². The summed E-state index contributed by atoms with van der Waals surface area (Å²) in [6.45, 7) is 5.56. The monoisotopic (exact) mass is 358 g/mol. The predicted molar refractivity (Wildman–Crippen MR) is 102 cm³/mol. The number of hydrogen-bond acceptors (Lipinski definition) is 5. The standard InChI is InChI=1S/C19H26N4OS/c1-2-3-10-18(24)22-11-7-12-23(14-13-22)19-20-17(21-25-19)15-16-8-5-4-6-9-16/h4-6,8-9H,2-3,7,10-15H2,1H3. The van der Waals surface area contributed by atoms with Crippen LogP contribution in [-0.4, -0.2) is 46.3 Å². The van der Waals surface area contributed by atoms with E-state index in [1.807, 2.05) is 23.1 Å². The minimum atomic E-state index is 0.297. The van der Waals surface area contributed by atoms with Crippen LogP contribution in [0, 0.1) is 0 Å². The Hall–Kier alpha value is -1.95. The van der Waals surface area contributed by atoms with Crippen molar-refractivity contribution in [3.05, 3.63) is 41.7 Å². The second-order valence-corrected chi connectivity index (χ2v) is 7.21. The third kappa shape index (κ3) is 5.01. The molecule has 1 aliphatic heterocycles. The number of carbonyl (C=O) groups is 1. The molecule has 0 bridgehead atoms. The van der Waals surface area contributed by atoms with E-state index in [4.69, 9.17) is 4.98 Å². The van der Waals surface area contributed by atoms with E-state index in [9.17, 15) is 4.79 Å². The van der Waals surface area contributed by atoms with E-state index in [2.05, 4.69) is 28.3 Å². The van der Waals surface area contributed by atoms with E-state index in [0.29, 0.717) is 12.3 Å². The van der Waals surface area contributed by atoms with Crippen LogP contribution < -0.4 is 4.90 Å². The minimum Gasteiger partial charge on any atom is -0.345 e. The fourth-order valence-corrected chi connectivity index (χ4v) is 3.80. The lowest BCUT2D eigenvalue weighted by molar-refractivity contribution is -0.131. The minimum absolute atomic E-state index is 0.297. The molecule has 1 aromatic heterocycles. The first-order chi connectivity index (χ1) is 12.3. The van der Waals surface area contributed by atoms with Crippen LogP contribution in [0.25, 0.3) is 0 Å². The first-order valence-corrected chi connectivity index (χ1v) is 9.93. The quantitative estimate of drug-likeness (QED) is 0.794. The number of anilines is 1. The van der Waals surface area contributed by atoms with Crippen molar-refractivity contribution in [1.82, 2.24) is 14.3 Å². The van der Waals surface area contributed by atoms with Crippen molar-refractivity contribution in [3.63, 3.8) is 0 Å². The van der Waals surface area contributed by atoms with Crippen LogP contribution in [0.4, 0.5) is 5.13 Å². The Kier molecular flexibility index (Phi) is 6.39. The molecule has 1 fully saturated rings. The normalized spacial score (nSPS) is 15.2. The van der Waals surface area contributed by atoms with E-state index in [1.54, 1.807) is 0 Å². The van der Waals surface area contributed by atoms with Gasteiger partial charge in [-0.05, 0) is 18.4 Å². The van der Waals surface area contributed by atoms with Gasteiger partial charge in [-0.1, -0.05) is 43.7 Å². The molecular formula is C19H26N4OS. The molecule has 0 spiro atoms. The smallest absolute Gasteiger partial charge is 0.222 e. The summed E-state index contributed by atoms with van der Waals surface area (Å²) in [7, 11) is 0. The maximum absolute atomic E-state index is 12.2. The summed E-state index contributed by atoms with van der Waals surface area (Å²) in [5.74, 6) is 1.18. The van der Waals surface area contributed by atoms with Crippen LogP contribution in [0.15, 0.2) is 30.3 Å². The molecule has 5 nitrogen and oxygen atoms in total. The first-order valence-electron chi connectivity index (χ1n) is 9.15. The van der Waals surface area contributed by atoms with E-state index in [1.165, 1.54) is 17.1 Å². The molecule has 0 N–H and O–H groups in total. The molecule has 1 amide bonds. The zero-order chi connectivity index (χ0) is 17.5. The van der Waals surface area contributed by atoms with Gasteiger partial charge in [0.1, 0.15) is 5.82 Å². The summed E-state index contributed by atoms with van der Waals surface area (Å²) in [4.78, 5) is 21.3. The summed E-state index contributed by atoms with van der Waals surface area (Å²) in [6.07, 6.45) is 4.49. The van der Waals surface area contributed by atoms with Gasteiger partial charge in [-0.2, -0.15) is 4.37 Å². The Bertz CT molecular complexity index is 673. The summed E-state index contributed by atoms with van der Waals surface area (Å²) < 4.78 is 4.52. The molecule has 0 aliphatic carbocycles. The van der Waals surface area contributed by atoms with Crippen LogP contribution >= 0.6 is 11.5 Å². The van der Waals surface area contributed by atoms with Crippen molar-refractivity contribution in [1.29, 1.82) is 0 Å². The van der Waals surface area contributed by atoms with Gasteiger partial charge in [0, 0.05) is 50.6 Å². The summed E-state index contributed by atoms with van der Waals surface area (Å²) in [5.41, 5.74) is 1.23. The molecule has 1 aliphatic rings. The van der Waals surface area contributed by atoms with E-state index in [0.717, 1.165) is 62.8 Å². The third-order valence-corrected chi connectivity index (χ3v) is 5.34. The average molecular weight is 359 g/mol. The molecule has 1 aromatic carbocycles. The van der Waals surface area contributed by atoms with Gasteiger partial charge in [-0.15, -0.1) is 0 Å². The number of nitrogens with zero attached hydrogens (tertiary/aromatic N) is 4. The fourth-order valence-electron chi connectivity index (χ4n) is 3.07. The zero-order valence-corrected chi connectivity index (χ0v) is 15.7. The summed E-state index contributed by atoms with van der Waals surface area (Å²) >= 11 is 1.47. The number of rotatable bonds is 6. The van der Waals surface area contributed by atoms with Gasteiger partial charge in [0.25, 0.3) is 0 Å². The van der Waals surface area contributed by atoms with Gasteiger partial charge >= 0.3 is 0 Å². The Balaban J connectivity index is 1.57. The molecule has 6 heteroatoms. The maximum Gasteiger partial charge on any atom is 0.222 e. The lowest BCUT2D eigenvalue weighted by Gasteiger charge is -2.21. The molecule has 0 radical (unpaired) electrons. The van der Waals surface area contributed by atoms with Crippen molar-refractivity contribution in [2.75, 3.05) is 31.1 Å². The highest BCUT2D eigenvalue weighted by Gasteiger charge is 2.21. The largest absolute Gasteiger partial charge is 0.345 e. The van der Waals surface area contributed by atoms with Gasteiger partial charge < -0.3 is 9.80 Å². The first kappa shape index (κ1) is 17.9. The Morgan fingerprint density at radius 2 is 2.00 bits per heavy atom. The summed E-state index contributed by atoms with van der Waals surface area (Å²) in [5, 5.41) is 0.980. The molecule has 1 saturated heterocycles. The number of unbranched alkanes of at least 4 members (excludes halogenated alkanes) is 1. The van der Waals surface area contributed by atoms with Crippen molar-refractivity contribution in [2.45, 2.75) is 39.0 Å². The van der Waals surface area contributed by atoms with Gasteiger partial charge in [0.05, 0.1) is 0 Å². The second kappa shape index (κ2) is 8.94. The number of hydrogen-bond donors (Lipinski definition) is 0. The van der Waals surface area contributed by atoms with Gasteiger partial charge in [-0.25, -0.2) is 4.98 Å². The molecule has 0 unspecified atom stereocenters. The van der Waals surface area contributed by atoms with Gasteiger partial charge in [0.2, 0.25) is 11.0 Å². The van der Waals surface area contributed by atoms with Crippen molar-refractivity contribution >= 4 is 22.6 Å². The predicted octanol–water partition coefficient (Wildman–Crippen LogP) is 3.36. The number of benzene rings is 1. The van der Waals surface area contributed by atoms with Crippen LogP contribution in [0.2, 0.25) is 0 Å². The fraction of sp³-hybridized carbons (Fsp3) is 0.526. The van der Waals surface area contributed by atoms with Crippen LogP contribution in [0.3, 0.4) is 0 Å². The zero-order valence-electron chi connectivity index (χ0n) is 14.9. The van der Waals surface area contributed by atoms with Crippen LogP contribution in [0.1, 0.15) is 44.0 Å². The van der Waals surface area contributed by atoms with Gasteiger partial charge in [-0.3, -0.25) is 4.79 Å². The van der Waals surface area contributed by atoms with Crippen molar-refractivity contribution in [3.8, 4) is 0 Å². The Morgan fingerprint density at radius 3 is 2.80 bits per heavy atom. The molecule has 134 valence electrons. The van der Waals surface area contributed by atoms with E-state index < -0.39 is 0 Å². The van der Waals surface area contributed by atoms with Crippen molar-refractivity contribution in [2.24, 2.45) is 0 Å². The lowest BCUT2D eigenvalue weighted by atomic mass is 10.1. The van der Waals surface area contributed by atoms with Crippen LogP contribution in [-0.2, 0) is 11.2 Å².